The van der Waals surface area contributed by atoms with E-state index in [-0.39, 0.29) is 0 Å². The van der Waals surface area contributed by atoms with E-state index in [9.17, 15) is 0 Å². The number of unbranched alkanes of at least 4 members (excludes halogenated alkanes) is 1. The second-order valence-electron chi connectivity index (χ2n) is 4.89. The van der Waals surface area contributed by atoms with Crippen molar-refractivity contribution in [2.45, 2.75) is 37.2 Å². The van der Waals surface area contributed by atoms with Crippen LogP contribution in [-0.2, 0) is 12.3 Å². The van der Waals surface area contributed by atoms with E-state index in [0.29, 0.717) is 5.75 Å². The van der Waals surface area contributed by atoms with E-state index in [1.807, 2.05) is 22.9 Å². The van der Waals surface area contributed by atoms with Crippen molar-refractivity contribution in [1.29, 1.82) is 0 Å². The van der Waals surface area contributed by atoms with Crippen LogP contribution in [0.25, 0.3) is 11.0 Å². The zero-order valence-corrected chi connectivity index (χ0v) is 13.4. The summed E-state index contributed by atoms with van der Waals surface area (Å²) in [5.74, 6) is 2.38. The van der Waals surface area contributed by atoms with E-state index in [1.165, 1.54) is 0 Å². The number of nitrogens with one attached hydrogen (secondary N) is 1. The summed E-state index contributed by atoms with van der Waals surface area (Å²) in [6, 6.07) is 5.79. The lowest BCUT2D eigenvalue weighted by atomic mass is 10.3. The third-order valence-electron chi connectivity index (χ3n) is 3.33. The molecule has 0 unspecified atom stereocenters. The number of rotatable bonds is 7. The van der Waals surface area contributed by atoms with Crippen LogP contribution in [0.15, 0.2) is 23.4 Å². The predicted molar refractivity (Wildman–Crippen MR) is 84.9 cm³/mol. The number of ether oxygens (including phenoxy) is 1. The standard InChI is InChI=1S/C14H18N6OS/c1-3-4-7-20-13(17-18-19-20)9-22-14-15-11-6-5-10(21-2)8-12(11)16-14/h5-6,8H,3-4,7,9H2,1-2H3,(H,15,16). The molecule has 3 aromatic rings. The molecular formula is C14H18N6OS. The average Bonchev–Trinajstić information content (AvgIpc) is 3.15. The van der Waals surface area contributed by atoms with Crippen molar-refractivity contribution < 1.29 is 4.74 Å². The van der Waals surface area contributed by atoms with Crippen LogP contribution in [0.3, 0.4) is 0 Å². The Hall–Kier alpha value is -2.09. The molecule has 0 saturated heterocycles. The molecule has 1 N–H and O–H groups in total. The van der Waals surface area contributed by atoms with Crippen molar-refractivity contribution in [2.75, 3.05) is 7.11 Å². The molecule has 7 nitrogen and oxygen atoms in total. The van der Waals surface area contributed by atoms with E-state index >= 15 is 0 Å². The molecule has 0 atom stereocenters. The molecule has 2 aromatic heterocycles. The number of hydrogen-bond donors (Lipinski definition) is 1. The van der Waals surface area contributed by atoms with Crippen LogP contribution in [0.2, 0.25) is 0 Å². The van der Waals surface area contributed by atoms with Crippen LogP contribution in [0.1, 0.15) is 25.6 Å². The molecule has 1 aromatic carbocycles. The predicted octanol–water partition coefficient (Wildman–Crippen LogP) is 2.65. The van der Waals surface area contributed by atoms with Gasteiger partial charge >= 0.3 is 0 Å². The largest absolute Gasteiger partial charge is 0.497 e. The Morgan fingerprint density at radius 1 is 1.36 bits per heavy atom. The maximum Gasteiger partial charge on any atom is 0.166 e. The number of methoxy groups -OCH3 is 1. The summed E-state index contributed by atoms with van der Waals surface area (Å²) in [6.45, 7) is 3.01. The van der Waals surface area contributed by atoms with Gasteiger partial charge in [0.1, 0.15) is 5.75 Å². The molecule has 22 heavy (non-hydrogen) atoms. The summed E-state index contributed by atoms with van der Waals surface area (Å²) in [5.41, 5.74) is 1.89. The summed E-state index contributed by atoms with van der Waals surface area (Å²) in [5, 5.41) is 12.7. The summed E-state index contributed by atoms with van der Waals surface area (Å²) >= 11 is 1.59. The monoisotopic (exact) mass is 318 g/mol. The van der Waals surface area contributed by atoms with Gasteiger partial charge in [0.15, 0.2) is 11.0 Å². The molecule has 0 saturated carbocycles. The topological polar surface area (TPSA) is 81.5 Å². The SMILES string of the molecule is CCCCn1nnnc1CSc1nc2ccc(OC)cc2[nH]1. The summed E-state index contributed by atoms with van der Waals surface area (Å²) < 4.78 is 7.08. The average molecular weight is 318 g/mol. The van der Waals surface area contributed by atoms with E-state index in [1.54, 1.807) is 18.9 Å². The molecule has 116 valence electrons. The van der Waals surface area contributed by atoms with E-state index in [2.05, 4.69) is 32.4 Å². The highest BCUT2D eigenvalue weighted by Gasteiger charge is 2.09. The van der Waals surface area contributed by atoms with Gasteiger partial charge < -0.3 is 9.72 Å². The highest BCUT2D eigenvalue weighted by atomic mass is 32.2. The van der Waals surface area contributed by atoms with Crippen molar-refractivity contribution in [3.05, 3.63) is 24.0 Å². The van der Waals surface area contributed by atoms with Crippen molar-refractivity contribution in [1.82, 2.24) is 30.2 Å². The minimum Gasteiger partial charge on any atom is -0.497 e. The Kier molecular flexibility index (Phi) is 4.57. The highest BCUT2D eigenvalue weighted by molar-refractivity contribution is 7.98. The third kappa shape index (κ3) is 3.22. The Morgan fingerprint density at radius 2 is 2.27 bits per heavy atom. The quantitative estimate of drug-likeness (QED) is 0.674. The van der Waals surface area contributed by atoms with Gasteiger partial charge in [0, 0.05) is 12.6 Å². The Balaban J connectivity index is 1.70. The van der Waals surface area contributed by atoms with E-state index in [0.717, 1.165) is 47.2 Å². The Labute approximate surface area is 132 Å². The number of aromatic amines is 1. The first-order valence-corrected chi connectivity index (χ1v) is 8.20. The van der Waals surface area contributed by atoms with Crippen molar-refractivity contribution in [3.8, 4) is 5.75 Å². The minimum atomic E-state index is 0.688. The number of nitrogens with zero attached hydrogens (tertiary/aromatic N) is 5. The molecule has 0 bridgehead atoms. The van der Waals surface area contributed by atoms with E-state index in [4.69, 9.17) is 4.74 Å². The van der Waals surface area contributed by atoms with Gasteiger partial charge in [-0.25, -0.2) is 9.67 Å². The van der Waals surface area contributed by atoms with Crippen molar-refractivity contribution in [2.24, 2.45) is 0 Å². The molecule has 3 rings (SSSR count). The molecule has 2 heterocycles. The summed E-state index contributed by atoms with van der Waals surface area (Å²) in [7, 11) is 1.66. The zero-order valence-electron chi connectivity index (χ0n) is 12.6. The maximum atomic E-state index is 5.22. The maximum absolute atomic E-state index is 5.22. The van der Waals surface area contributed by atoms with Gasteiger partial charge in [-0.05, 0) is 29.0 Å². The third-order valence-corrected chi connectivity index (χ3v) is 4.20. The number of H-pyrrole nitrogens is 1. The lowest BCUT2D eigenvalue weighted by molar-refractivity contribution is 0.415. The highest BCUT2D eigenvalue weighted by Crippen LogP contribution is 2.24. The summed E-state index contributed by atoms with van der Waals surface area (Å²) in [4.78, 5) is 7.84. The van der Waals surface area contributed by atoms with Crippen LogP contribution in [0, 0.1) is 0 Å². The number of aromatic nitrogens is 6. The van der Waals surface area contributed by atoms with Crippen LogP contribution < -0.4 is 4.74 Å². The van der Waals surface area contributed by atoms with Crippen molar-refractivity contribution in [3.63, 3.8) is 0 Å². The number of tetrazole rings is 1. The normalized spacial score (nSPS) is 11.2. The molecule has 0 aliphatic heterocycles. The second-order valence-corrected chi connectivity index (χ2v) is 5.85. The first-order chi connectivity index (χ1) is 10.8. The molecule has 8 heteroatoms. The van der Waals surface area contributed by atoms with Crippen molar-refractivity contribution >= 4 is 22.8 Å². The zero-order chi connectivity index (χ0) is 15.4. The first-order valence-electron chi connectivity index (χ1n) is 7.21. The molecule has 0 spiro atoms. The number of hydrogen-bond acceptors (Lipinski definition) is 6. The van der Waals surface area contributed by atoms with Crippen LogP contribution >= 0.6 is 11.8 Å². The van der Waals surface area contributed by atoms with Gasteiger partial charge in [0.2, 0.25) is 0 Å². The molecule has 0 aliphatic rings. The second kappa shape index (κ2) is 6.78. The number of aryl methyl sites for hydroxylation is 1. The van der Waals surface area contributed by atoms with Gasteiger partial charge in [-0.1, -0.05) is 25.1 Å². The summed E-state index contributed by atoms with van der Waals surface area (Å²) in [6.07, 6.45) is 2.20. The molecule has 0 radical (unpaired) electrons. The molecule has 0 fully saturated rings. The molecular weight excluding hydrogens is 300 g/mol. The molecule has 0 aliphatic carbocycles. The smallest absolute Gasteiger partial charge is 0.166 e. The first kappa shape index (κ1) is 14.8. The lowest BCUT2D eigenvalue weighted by Gasteiger charge is -2.01. The number of thioether (sulfide) groups is 1. The van der Waals surface area contributed by atoms with Gasteiger partial charge in [-0.15, -0.1) is 5.10 Å². The Morgan fingerprint density at radius 3 is 3.09 bits per heavy atom. The lowest BCUT2D eigenvalue weighted by Crippen LogP contribution is -2.05. The number of fused-ring (bicyclic) bond motifs is 1. The van der Waals surface area contributed by atoms with Crippen LogP contribution in [0.4, 0.5) is 0 Å². The van der Waals surface area contributed by atoms with Gasteiger partial charge in [0.05, 0.1) is 23.9 Å². The minimum absolute atomic E-state index is 0.688. The van der Waals surface area contributed by atoms with Gasteiger partial charge in [-0.2, -0.15) is 0 Å². The van der Waals surface area contributed by atoms with Crippen LogP contribution in [-0.4, -0.2) is 37.3 Å². The number of benzene rings is 1. The fourth-order valence-corrected chi connectivity index (χ4v) is 2.92. The molecule has 0 amide bonds. The Bertz CT molecular complexity index is 753. The fourth-order valence-electron chi connectivity index (χ4n) is 2.10. The van der Waals surface area contributed by atoms with Gasteiger partial charge in [-0.3, -0.25) is 0 Å². The van der Waals surface area contributed by atoms with Crippen LogP contribution in [0.5, 0.6) is 5.75 Å². The fraction of sp³-hybridized carbons (Fsp3) is 0.429. The van der Waals surface area contributed by atoms with Gasteiger partial charge in [0.25, 0.3) is 0 Å². The van der Waals surface area contributed by atoms with E-state index < -0.39 is 0 Å². The number of imidazole rings is 1.